The molecule has 0 amide bonds. The largest absolute Gasteiger partial charge is 0.310 e. The van der Waals surface area contributed by atoms with Crippen molar-refractivity contribution >= 4 is 49.6 Å². The van der Waals surface area contributed by atoms with Gasteiger partial charge in [-0.25, -0.2) is 0 Å². The summed E-state index contributed by atoms with van der Waals surface area (Å²) in [5.74, 6) is 0. The van der Waals surface area contributed by atoms with Crippen molar-refractivity contribution in [1.29, 1.82) is 0 Å². The van der Waals surface area contributed by atoms with Gasteiger partial charge in [0.05, 0.1) is 22.4 Å². The lowest BCUT2D eigenvalue weighted by Gasteiger charge is -2.29. The van der Waals surface area contributed by atoms with Gasteiger partial charge >= 0.3 is 0 Å². The number of aromatic nitrogens is 1. The monoisotopic (exact) mass is 764 g/mol. The van der Waals surface area contributed by atoms with Crippen molar-refractivity contribution in [3.05, 3.63) is 243 Å². The zero-order valence-corrected chi connectivity index (χ0v) is 33.0. The van der Waals surface area contributed by atoms with Crippen molar-refractivity contribution in [1.82, 2.24) is 4.57 Å². The van der Waals surface area contributed by atoms with E-state index < -0.39 is 0 Å². The van der Waals surface area contributed by atoms with Crippen LogP contribution in [0.15, 0.2) is 243 Å². The molecule has 0 radical (unpaired) electrons. The molecule has 282 valence electrons. The first kappa shape index (κ1) is 35.2. The standard InChI is InChI=1S/C58H40N2/c1-4-19-41(20-5-1)48-28-12-13-29-51(48)52-30-14-16-33-55(52)60-56-34-17-15-31-53(56)54-38-36-46(40-58(54)60)59(45-25-8-3-9-26-45)57-39-44(35-37-50(57)43-21-6-2-7-22-43)49-32-18-24-42-23-10-11-27-47(42)49/h1-40H. The zero-order chi connectivity index (χ0) is 39.8. The van der Waals surface area contributed by atoms with Crippen LogP contribution in [0.2, 0.25) is 0 Å². The van der Waals surface area contributed by atoms with Gasteiger partial charge in [-0.15, -0.1) is 0 Å². The molecule has 0 spiro atoms. The summed E-state index contributed by atoms with van der Waals surface area (Å²) in [4.78, 5) is 2.44. The average Bonchev–Trinajstić information content (AvgIpc) is 3.66. The summed E-state index contributed by atoms with van der Waals surface area (Å²) in [6.45, 7) is 0. The van der Waals surface area contributed by atoms with Crippen molar-refractivity contribution in [2.45, 2.75) is 0 Å². The van der Waals surface area contributed by atoms with Gasteiger partial charge < -0.3 is 9.47 Å². The van der Waals surface area contributed by atoms with E-state index in [9.17, 15) is 0 Å². The normalized spacial score (nSPS) is 11.3. The Morgan fingerprint density at radius 2 is 0.850 bits per heavy atom. The van der Waals surface area contributed by atoms with Crippen molar-refractivity contribution in [2.24, 2.45) is 0 Å². The van der Waals surface area contributed by atoms with Crippen LogP contribution in [-0.2, 0) is 0 Å². The highest BCUT2D eigenvalue weighted by Gasteiger charge is 2.22. The van der Waals surface area contributed by atoms with E-state index in [1.807, 2.05) is 0 Å². The maximum absolute atomic E-state index is 2.47. The molecule has 0 unspecified atom stereocenters. The minimum Gasteiger partial charge on any atom is -0.310 e. The number of hydrogen-bond donors (Lipinski definition) is 0. The molecule has 0 aliphatic carbocycles. The molecule has 2 heteroatoms. The van der Waals surface area contributed by atoms with Gasteiger partial charge in [0, 0.05) is 33.3 Å². The van der Waals surface area contributed by atoms with Crippen LogP contribution in [0, 0.1) is 0 Å². The van der Waals surface area contributed by atoms with E-state index in [2.05, 4.69) is 252 Å². The van der Waals surface area contributed by atoms with Crippen LogP contribution in [0.25, 0.3) is 82.8 Å². The van der Waals surface area contributed by atoms with E-state index in [-0.39, 0.29) is 0 Å². The van der Waals surface area contributed by atoms with Crippen LogP contribution in [0.5, 0.6) is 0 Å². The third-order valence-electron chi connectivity index (χ3n) is 11.8. The fourth-order valence-corrected chi connectivity index (χ4v) is 9.07. The maximum Gasteiger partial charge on any atom is 0.0562 e. The maximum atomic E-state index is 2.47. The summed E-state index contributed by atoms with van der Waals surface area (Å²) < 4.78 is 2.47. The number of hydrogen-bond acceptors (Lipinski definition) is 1. The van der Waals surface area contributed by atoms with Crippen LogP contribution < -0.4 is 4.90 Å². The van der Waals surface area contributed by atoms with Crippen LogP contribution in [0.1, 0.15) is 0 Å². The minimum absolute atomic E-state index is 1.08. The molecule has 11 rings (SSSR count). The zero-order valence-electron chi connectivity index (χ0n) is 33.0. The fourth-order valence-electron chi connectivity index (χ4n) is 9.07. The Balaban J connectivity index is 1.17. The first-order chi connectivity index (χ1) is 29.8. The lowest BCUT2D eigenvalue weighted by Crippen LogP contribution is -2.11. The number of benzene rings is 10. The van der Waals surface area contributed by atoms with Gasteiger partial charge in [-0.3, -0.25) is 0 Å². The Morgan fingerprint density at radius 3 is 1.63 bits per heavy atom. The number of para-hydroxylation sites is 3. The van der Waals surface area contributed by atoms with E-state index in [0.717, 1.165) is 33.8 Å². The molecule has 60 heavy (non-hydrogen) atoms. The molecule has 0 saturated heterocycles. The molecule has 11 aromatic rings. The van der Waals surface area contributed by atoms with Gasteiger partial charge in [-0.05, 0) is 86.6 Å². The number of anilines is 3. The molecule has 0 fully saturated rings. The molecular formula is C58H40N2. The molecule has 0 atom stereocenters. The Bertz CT molecular complexity index is 3300. The predicted octanol–water partition coefficient (Wildman–Crippen LogP) is 16.1. The van der Waals surface area contributed by atoms with Gasteiger partial charge in [0.1, 0.15) is 0 Å². The van der Waals surface area contributed by atoms with Crippen molar-refractivity contribution in [2.75, 3.05) is 4.90 Å². The van der Waals surface area contributed by atoms with Crippen LogP contribution >= 0.6 is 0 Å². The van der Waals surface area contributed by atoms with Crippen molar-refractivity contribution in [3.8, 4) is 50.2 Å². The highest BCUT2D eigenvalue weighted by atomic mass is 15.1. The Morgan fingerprint density at radius 1 is 0.283 bits per heavy atom. The number of nitrogens with zero attached hydrogens (tertiary/aromatic N) is 2. The molecule has 0 aliphatic heterocycles. The lowest BCUT2D eigenvalue weighted by molar-refractivity contribution is 1.18. The highest BCUT2D eigenvalue weighted by Crippen LogP contribution is 2.46. The first-order valence-electron chi connectivity index (χ1n) is 20.6. The minimum atomic E-state index is 1.08. The van der Waals surface area contributed by atoms with E-state index in [1.165, 1.54) is 66.0 Å². The predicted molar refractivity (Wildman–Crippen MR) is 255 cm³/mol. The quantitative estimate of drug-likeness (QED) is 0.150. The van der Waals surface area contributed by atoms with Gasteiger partial charge in [0.25, 0.3) is 0 Å². The molecule has 2 nitrogen and oxygen atoms in total. The Kier molecular flexibility index (Phi) is 8.87. The van der Waals surface area contributed by atoms with E-state index in [4.69, 9.17) is 0 Å². The van der Waals surface area contributed by atoms with E-state index in [1.54, 1.807) is 0 Å². The van der Waals surface area contributed by atoms with Crippen molar-refractivity contribution in [3.63, 3.8) is 0 Å². The summed E-state index contributed by atoms with van der Waals surface area (Å²) in [5.41, 5.74) is 16.2. The SMILES string of the molecule is c1ccc(-c2ccccc2-c2ccccc2-n2c3ccccc3c3ccc(N(c4ccccc4)c4cc(-c5cccc6ccccc56)ccc4-c4ccccc4)cc32)cc1. The second kappa shape index (κ2) is 15.1. The van der Waals surface area contributed by atoms with Gasteiger partial charge in [-0.2, -0.15) is 0 Å². The van der Waals surface area contributed by atoms with Crippen LogP contribution in [-0.4, -0.2) is 4.57 Å². The molecule has 1 heterocycles. The summed E-state index contributed by atoms with van der Waals surface area (Å²) in [7, 11) is 0. The topological polar surface area (TPSA) is 8.17 Å². The molecule has 0 aliphatic rings. The highest BCUT2D eigenvalue weighted by molar-refractivity contribution is 6.11. The third-order valence-corrected chi connectivity index (χ3v) is 11.8. The van der Waals surface area contributed by atoms with E-state index in [0.29, 0.717) is 0 Å². The Hall–Kier alpha value is -7.94. The summed E-state index contributed by atoms with van der Waals surface area (Å²) in [6.07, 6.45) is 0. The van der Waals surface area contributed by atoms with Gasteiger partial charge in [0.2, 0.25) is 0 Å². The fraction of sp³-hybridized carbons (Fsp3) is 0. The van der Waals surface area contributed by atoms with Crippen LogP contribution in [0.3, 0.4) is 0 Å². The van der Waals surface area contributed by atoms with Crippen molar-refractivity contribution < 1.29 is 0 Å². The smallest absolute Gasteiger partial charge is 0.0562 e. The average molecular weight is 765 g/mol. The summed E-state index contributed by atoms with van der Waals surface area (Å²) in [5, 5.41) is 4.90. The molecule has 0 saturated carbocycles. The number of fused-ring (bicyclic) bond motifs is 4. The van der Waals surface area contributed by atoms with Gasteiger partial charge in [-0.1, -0.05) is 200 Å². The third kappa shape index (κ3) is 6.14. The molecular weight excluding hydrogens is 725 g/mol. The molecule has 10 aromatic carbocycles. The Labute approximate surface area is 350 Å². The van der Waals surface area contributed by atoms with Gasteiger partial charge in [0.15, 0.2) is 0 Å². The number of rotatable bonds is 8. The van der Waals surface area contributed by atoms with E-state index >= 15 is 0 Å². The summed E-state index contributed by atoms with van der Waals surface area (Å²) in [6, 6.07) is 88.0. The second-order valence-electron chi connectivity index (χ2n) is 15.3. The molecule has 1 aromatic heterocycles. The summed E-state index contributed by atoms with van der Waals surface area (Å²) >= 11 is 0. The van der Waals surface area contributed by atoms with Crippen LogP contribution in [0.4, 0.5) is 17.1 Å². The molecule has 0 N–H and O–H groups in total. The molecule has 0 bridgehead atoms. The second-order valence-corrected chi connectivity index (χ2v) is 15.3. The first-order valence-corrected chi connectivity index (χ1v) is 20.6. The lowest BCUT2D eigenvalue weighted by atomic mass is 9.93.